The van der Waals surface area contributed by atoms with E-state index >= 15 is 0 Å². The average molecular weight is 299 g/mol. The van der Waals surface area contributed by atoms with Gasteiger partial charge in [-0.2, -0.15) is 0 Å². The highest BCUT2D eigenvalue weighted by Crippen LogP contribution is 2.36. The van der Waals surface area contributed by atoms with E-state index in [1.807, 2.05) is 7.11 Å². The van der Waals surface area contributed by atoms with Crippen molar-refractivity contribution in [3.05, 3.63) is 0 Å². The smallest absolute Gasteiger partial charge is 0.0589 e. The first-order valence-corrected chi connectivity index (χ1v) is 9.11. The molecular weight excluding hydrogens is 260 g/mol. The molecule has 0 radical (unpaired) electrons. The predicted octanol–water partition coefficient (Wildman–Crippen LogP) is 3.68. The van der Waals surface area contributed by atoms with Crippen molar-refractivity contribution in [2.45, 2.75) is 71.8 Å². The Bertz CT molecular complexity index is 250. The molecule has 1 rings (SSSR count). The predicted molar refractivity (Wildman–Crippen MR) is 91.9 cm³/mol. The second kappa shape index (κ2) is 10.6. The molecule has 0 aliphatic heterocycles. The Morgan fingerprint density at radius 2 is 1.81 bits per heavy atom. The van der Waals surface area contributed by atoms with Crippen molar-refractivity contribution in [3.63, 3.8) is 0 Å². The van der Waals surface area contributed by atoms with Gasteiger partial charge in [-0.05, 0) is 38.1 Å². The minimum atomic E-state index is 0.476. The average Bonchev–Trinajstić information content (AvgIpc) is 2.74. The summed E-state index contributed by atoms with van der Waals surface area (Å²) in [5.41, 5.74) is 0.476. The Kier molecular flexibility index (Phi) is 9.54. The topological polar surface area (TPSA) is 24.5 Å². The third kappa shape index (κ3) is 6.66. The van der Waals surface area contributed by atoms with Crippen molar-refractivity contribution in [1.82, 2.24) is 10.2 Å². The Labute approximate surface area is 132 Å². The van der Waals surface area contributed by atoms with Crippen LogP contribution in [0, 0.1) is 5.41 Å². The lowest BCUT2D eigenvalue weighted by molar-refractivity contribution is 0.0682. The number of hydrogen-bond donors (Lipinski definition) is 1. The van der Waals surface area contributed by atoms with Gasteiger partial charge in [-0.3, -0.25) is 4.90 Å². The summed E-state index contributed by atoms with van der Waals surface area (Å²) in [6, 6.07) is 0.655. The van der Waals surface area contributed by atoms with Crippen LogP contribution in [0.15, 0.2) is 0 Å². The van der Waals surface area contributed by atoms with E-state index in [9.17, 15) is 0 Å². The van der Waals surface area contributed by atoms with E-state index in [1.165, 1.54) is 58.0 Å². The fraction of sp³-hybridized carbons (Fsp3) is 1.00. The minimum Gasteiger partial charge on any atom is -0.383 e. The van der Waals surface area contributed by atoms with Gasteiger partial charge in [-0.15, -0.1) is 0 Å². The third-order valence-corrected chi connectivity index (χ3v) is 5.25. The van der Waals surface area contributed by atoms with Gasteiger partial charge in [0.1, 0.15) is 0 Å². The van der Waals surface area contributed by atoms with Crippen molar-refractivity contribution >= 4 is 0 Å². The molecule has 0 amide bonds. The van der Waals surface area contributed by atoms with Crippen molar-refractivity contribution in [2.24, 2.45) is 5.41 Å². The van der Waals surface area contributed by atoms with E-state index in [0.717, 1.165) is 19.7 Å². The van der Waals surface area contributed by atoms with Crippen LogP contribution in [0.25, 0.3) is 0 Å². The maximum absolute atomic E-state index is 5.34. The van der Waals surface area contributed by atoms with Crippen LogP contribution in [0.4, 0.5) is 0 Å². The van der Waals surface area contributed by atoms with Crippen LogP contribution >= 0.6 is 0 Å². The number of methoxy groups -OCH3 is 1. The summed E-state index contributed by atoms with van der Waals surface area (Å²) >= 11 is 0. The number of nitrogens with one attached hydrogen (secondary N) is 1. The Morgan fingerprint density at radius 3 is 2.33 bits per heavy atom. The van der Waals surface area contributed by atoms with E-state index < -0.39 is 0 Å². The molecule has 21 heavy (non-hydrogen) atoms. The quantitative estimate of drug-likeness (QED) is 0.623. The molecule has 1 fully saturated rings. The number of ether oxygens (including phenoxy) is 1. The van der Waals surface area contributed by atoms with Crippen molar-refractivity contribution in [2.75, 3.05) is 39.9 Å². The summed E-state index contributed by atoms with van der Waals surface area (Å²) in [4.78, 5) is 2.67. The van der Waals surface area contributed by atoms with Crippen LogP contribution in [0.1, 0.15) is 65.7 Å². The lowest BCUT2D eigenvalue weighted by Crippen LogP contribution is -2.47. The summed E-state index contributed by atoms with van der Waals surface area (Å²) < 4.78 is 5.34. The first-order valence-electron chi connectivity index (χ1n) is 9.11. The zero-order valence-corrected chi connectivity index (χ0v) is 14.9. The number of nitrogens with zero attached hydrogens (tertiary/aromatic N) is 1. The zero-order chi connectivity index (χ0) is 15.6. The molecule has 0 bridgehead atoms. The minimum absolute atomic E-state index is 0.476. The fourth-order valence-electron chi connectivity index (χ4n) is 3.61. The summed E-state index contributed by atoms with van der Waals surface area (Å²) in [6.07, 6.45) is 9.67. The van der Waals surface area contributed by atoms with Gasteiger partial charge in [0.05, 0.1) is 6.61 Å². The van der Waals surface area contributed by atoms with E-state index in [4.69, 9.17) is 4.74 Å². The molecule has 0 spiro atoms. The second-order valence-electron chi connectivity index (χ2n) is 6.92. The van der Waals surface area contributed by atoms with Crippen LogP contribution in [-0.2, 0) is 4.74 Å². The Hall–Kier alpha value is -0.120. The monoisotopic (exact) mass is 298 g/mol. The summed E-state index contributed by atoms with van der Waals surface area (Å²) in [5.74, 6) is 0. The highest BCUT2D eigenvalue weighted by atomic mass is 16.5. The van der Waals surface area contributed by atoms with Crippen molar-refractivity contribution in [1.29, 1.82) is 0 Å². The van der Waals surface area contributed by atoms with Crippen LogP contribution in [-0.4, -0.2) is 50.8 Å². The normalized spacial score (nSPS) is 20.4. The van der Waals surface area contributed by atoms with Crippen LogP contribution < -0.4 is 5.32 Å². The SMILES string of the molecule is CCNCC1(CN(CCOC)C(C)CC)CCCCCC1. The molecule has 1 aliphatic carbocycles. The fourth-order valence-corrected chi connectivity index (χ4v) is 3.61. The van der Waals surface area contributed by atoms with Gasteiger partial charge in [0.15, 0.2) is 0 Å². The first kappa shape index (κ1) is 18.9. The summed E-state index contributed by atoms with van der Waals surface area (Å²) in [7, 11) is 1.81. The van der Waals surface area contributed by atoms with Gasteiger partial charge in [0.25, 0.3) is 0 Å². The van der Waals surface area contributed by atoms with Crippen molar-refractivity contribution in [3.8, 4) is 0 Å². The zero-order valence-electron chi connectivity index (χ0n) is 14.9. The second-order valence-corrected chi connectivity index (χ2v) is 6.92. The van der Waals surface area contributed by atoms with Crippen LogP contribution in [0.3, 0.4) is 0 Å². The molecule has 1 aliphatic rings. The molecule has 126 valence electrons. The van der Waals surface area contributed by atoms with E-state index in [-0.39, 0.29) is 0 Å². The number of rotatable bonds is 10. The van der Waals surface area contributed by atoms with E-state index in [1.54, 1.807) is 0 Å². The van der Waals surface area contributed by atoms with Crippen molar-refractivity contribution < 1.29 is 4.74 Å². The molecule has 0 saturated heterocycles. The first-order chi connectivity index (χ1) is 10.2. The maximum atomic E-state index is 5.34. The molecule has 0 aromatic carbocycles. The van der Waals surface area contributed by atoms with Gasteiger partial charge in [0, 0.05) is 32.8 Å². The van der Waals surface area contributed by atoms with E-state index in [2.05, 4.69) is 31.0 Å². The van der Waals surface area contributed by atoms with Gasteiger partial charge in [-0.1, -0.05) is 39.5 Å². The number of hydrogen-bond acceptors (Lipinski definition) is 3. The standard InChI is InChI=1S/C18H38N2O/c1-5-17(3)20(13-14-21-4)16-18(15-19-6-2)11-9-7-8-10-12-18/h17,19H,5-16H2,1-4H3. The third-order valence-electron chi connectivity index (χ3n) is 5.25. The molecule has 1 saturated carbocycles. The molecule has 3 nitrogen and oxygen atoms in total. The Balaban J connectivity index is 2.73. The molecule has 1 N–H and O–H groups in total. The highest BCUT2D eigenvalue weighted by molar-refractivity contribution is 4.88. The van der Waals surface area contributed by atoms with Gasteiger partial charge < -0.3 is 10.1 Å². The summed E-state index contributed by atoms with van der Waals surface area (Å²) in [5, 5.41) is 3.65. The van der Waals surface area contributed by atoms with Gasteiger partial charge >= 0.3 is 0 Å². The molecule has 0 aromatic heterocycles. The van der Waals surface area contributed by atoms with Gasteiger partial charge in [0.2, 0.25) is 0 Å². The molecular formula is C18H38N2O. The van der Waals surface area contributed by atoms with Gasteiger partial charge in [-0.25, -0.2) is 0 Å². The molecule has 3 heteroatoms. The van der Waals surface area contributed by atoms with Crippen LogP contribution in [0.5, 0.6) is 0 Å². The highest BCUT2D eigenvalue weighted by Gasteiger charge is 2.33. The lowest BCUT2D eigenvalue weighted by Gasteiger charge is -2.40. The van der Waals surface area contributed by atoms with E-state index in [0.29, 0.717) is 11.5 Å². The molecule has 0 heterocycles. The van der Waals surface area contributed by atoms with Crippen LogP contribution in [0.2, 0.25) is 0 Å². The summed E-state index contributed by atoms with van der Waals surface area (Å²) in [6.45, 7) is 12.3. The Morgan fingerprint density at radius 1 is 1.14 bits per heavy atom. The largest absolute Gasteiger partial charge is 0.383 e. The maximum Gasteiger partial charge on any atom is 0.0589 e. The molecule has 0 aromatic rings. The molecule has 1 unspecified atom stereocenters. The lowest BCUT2D eigenvalue weighted by atomic mass is 9.79. The molecule has 1 atom stereocenters.